The molecule has 0 aliphatic carbocycles. The number of nitrogens with one attached hydrogen (secondary N) is 1. The van der Waals surface area contributed by atoms with E-state index in [1.807, 2.05) is 0 Å². The predicted octanol–water partition coefficient (Wildman–Crippen LogP) is 3.80. The summed E-state index contributed by atoms with van der Waals surface area (Å²) in [5.41, 5.74) is 4.74. The molecule has 0 bridgehead atoms. The molecule has 0 spiro atoms. The number of amides is 1. The van der Waals surface area contributed by atoms with Gasteiger partial charge < -0.3 is 9.47 Å². The molecule has 0 saturated carbocycles. The minimum Gasteiger partial charge on any atom is -0.454 e. The molecule has 0 saturated heterocycles. The fourth-order valence-corrected chi connectivity index (χ4v) is 4.17. The summed E-state index contributed by atoms with van der Waals surface area (Å²) in [4.78, 5) is 12.4. The summed E-state index contributed by atoms with van der Waals surface area (Å²) >= 11 is 5.91. The second-order valence-corrected chi connectivity index (χ2v) is 9.60. The number of hydrogen-bond acceptors (Lipinski definition) is 6. The number of anilines is 1. The number of hydrazone groups is 1. The zero-order valence-corrected chi connectivity index (χ0v) is 19.1. The van der Waals surface area contributed by atoms with Crippen molar-refractivity contribution in [3.8, 4) is 11.5 Å². The Kier molecular flexibility index (Phi) is 6.52. The molecule has 3 aromatic rings. The molecule has 1 aliphatic heterocycles. The van der Waals surface area contributed by atoms with E-state index in [-0.39, 0.29) is 13.3 Å². The zero-order chi connectivity index (χ0) is 23.4. The number of carbonyl (C=O) groups excluding carboxylic acids is 1. The summed E-state index contributed by atoms with van der Waals surface area (Å²) in [6.45, 7) is 0.320. The smallest absolute Gasteiger partial charge is 0.271 e. The molecule has 1 amide bonds. The number of ether oxygens (including phenoxy) is 2. The van der Waals surface area contributed by atoms with Crippen LogP contribution in [0.2, 0.25) is 5.02 Å². The highest BCUT2D eigenvalue weighted by Crippen LogP contribution is 2.32. The van der Waals surface area contributed by atoms with Crippen molar-refractivity contribution in [2.45, 2.75) is 6.54 Å². The SMILES string of the molecule is CS(=O)(=O)N(Cc1ccc(Cl)cc1)c1ccc(C(=O)N/N=C\c2ccc3c(c2)OCO3)cc1. The lowest BCUT2D eigenvalue weighted by atomic mass is 10.2. The first kappa shape index (κ1) is 22.6. The number of halogens is 1. The molecule has 4 rings (SSSR count). The largest absolute Gasteiger partial charge is 0.454 e. The van der Waals surface area contributed by atoms with Crippen LogP contribution >= 0.6 is 11.6 Å². The molecular formula is C23H20ClN3O5S. The van der Waals surface area contributed by atoms with Crippen LogP contribution in [0.5, 0.6) is 11.5 Å². The summed E-state index contributed by atoms with van der Waals surface area (Å²) in [6, 6.07) is 18.5. The lowest BCUT2D eigenvalue weighted by Gasteiger charge is -2.22. The maximum atomic E-state index is 12.4. The molecule has 170 valence electrons. The molecule has 1 aliphatic rings. The van der Waals surface area contributed by atoms with Crippen molar-refractivity contribution in [1.29, 1.82) is 0 Å². The van der Waals surface area contributed by atoms with Crippen LogP contribution < -0.4 is 19.2 Å². The van der Waals surface area contributed by atoms with Crippen LogP contribution in [0, 0.1) is 0 Å². The highest BCUT2D eigenvalue weighted by atomic mass is 35.5. The minimum atomic E-state index is -3.55. The van der Waals surface area contributed by atoms with Crippen LogP contribution in [0.4, 0.5) is 5.69 Å². The molecule has 0 radical (unpaired) electrons. The molecule has 0 aromatic heterocycles. The summed E-state index contributed by atoms with van der Waals surface area (Å²) in [6.07, 6.45) is 2.63. The van der Waals surface area contributed by atoms with Gasteiger partial charge in [-0.1, -0.05) is 23.7 Å². The standard InChI is InChI=1S/C23H20ClN3O5S/c1-33(29,30)27(14-16-2-7-19(24)8-3-16)20-9-5-18(6-10-20)23(28)26-25-13-17-4-11-21-22(12-17)32-15-31-21/h2-13H,14-15H2,1H3,(H,26,28)/b25-13-. The van der Waals surface area contributed by atoms with Crippen molar-refractivity contribution in [2.24, 2.45) is 5.10 Å². The number of carbonyl (C=O) groups is 1. The number of sulfonamides is 1. The van der Waals surface area contributed by atoms with Crippen molar-refractivity contribution in [1.82, 2.24) is 5.43 Å². The van der Waals surface area contributed by atoms with Crippen LogP contribution in [-0.4, -0.2) is 33.6 Å². The first-order chi connectivity index (χ1) is 15.8. The molecule has 33 heavy (non-hydrogen) atoms. The van der Waals surface area contributed by atoms with Gasteiger partial charge in [0.05, 0.1) is 24.7 Å². The lowest BCUT2D eigenvalue weighted by Crippen LogP contribution is -2.29. The van der Waals surface area contributed by atoms with E-state index in [4.69, 9.17) is 21.1 Å². The van der Waals surface area contributed by atoms with Gasteiger partial charge >= 0.3 is 0 Å². The Morgan fingerprint density at radius 1 is 1.06 bits per heavy atom. The summed E-state index contributed by atoms with van der Waals surface area (Å²) in [5, 5.41) is 4.54. The Balaban J connectivity index is 1.43. The lowest BCUT2D eigenvalue weighted by molar-refractivity contribution is 0.0955. The molecule has 8 nitrogen and oxygen atoms in total. The van der Waals surface area contributed by atoms with Crippen molar-refractivity contribution in [2.75, 3.05) is 17.4 Å². The number of rotatable bonds is 7. The fraction of sp³-hybridized carbons (Fsp3) is 0.130. The average molecular weight is 486 g/mol. The van der Waals surface area contributed by atoms with Gasteiger partial charge in [-0.2, -0.15) is 5.10 Å². The van der Waals surface area contributed by atoms with Crippen LogP contribution in [0.3, 0.4) is 0 Å². The van der Waals surface area contributed by atoms with Gasteiger partial charge in [-0.25, -0.2) is 13.8 Å². The summed E-state index contributed by atoms with van der Waals surface area (Å²) in [7, 11) is -3.55. The van der Waals surface area contributed by atoms with Crippen LogP contribution in [-0.2, 0) is 16.6 Å². The first-order valence-electron chi connectivity index (χ1n) is 9.85. The Morgan fingerprint density at radius 3 is 2.45 bits per heavy atom. The van der Waals surface area contributed by atoms with Gasteiger partial charge in [-0.15, -0.1) is 0 Å². The Labute approximate surface area is 196 Å². The zero-order valence-electron chi connectivity index (χ0n) is 17.6. The van der Waals surface area contributed by atoms with E-state index in [1.165, 1.54) is 10.5 Å². The van der Waals surface area contributed by atoms with Crippen molar-refractivity contribution in [3.63, 3.8) is 0 Å². The third-order valence-electron chi connectivity index (χ3n) is 4.83. The minimum absolute atomic E-state index is 0.140. The van der Waals surface area contributed by atoms with E-state index < -0.39 is 15.9 Å². The van der Waals surface area contributed by atoms with Crippen molar-refractivity contribution < 1.29 is 22.7 Å². The van der Waals surface area contributed by atoms with Crippen molar-refractivity contribution in [3.05, 3.63) is 88.4 Å². The van der Waals surface area contributed by atoms with Gasteiger partial charge in [0.1, 0.15) is 0 Å². The Hall–Kier alpha value is -3.56. The van der Waals surface area contributed by atoms with Crippen LogP contribution in [0.15, 0.2) is 71.8 Å². The topological polar surface area (TPSA) is 97.3 Å². The number of fused-ring (bicyclic) bond motifs is 1. The van der Waals surface area contributed by atoms with Gasteiger partial charge in [-0.3, -0.25) is 9.10 Å². The average Bonchev–Trinajstić information content (AvgIpc) is 3.26. The number of benzene rings is 3. The number of hydrogen-bond donors (Lipinski definition) is 1. The van der Waals surface area contributed by atoms with Crippen LogP contribution in [0.25, 0.3) is 0 Å². The van der Waals surface area contributed by atoms with Crippen molar-refractivity contribution >= 4 is 39.4 Å². The summed E-state index contributed by atoms with van der Waals surface area (Å²) in [5.74, 6) is 0.854. The van der Waals surface area contributed by atoms with E-state index in [2.05, 4.69) is 10.5 Å². The molecule has 0 unspecified atom stereocenters. The third-order valence-corrected chi connectivity index (χ3v) is 6.23. The van der Waals surface area contributed by atoms with Gasteiger partial charge in [-0.05, 0) is 65.7 Å². The Bertz CT molecular complexity index is 1290. The van der Waals surface area contributed by atoms with Gasteiger partial charge in [0.2, 0.25) is 16.8 Å². The van der Waals surface area contributed by atoms with E-state index in [0.29, 0.717) is 27.8 Å². The van der Waals surface area contributed by atoms with E-state index in [9.17, 15) is 13.2 Å². The van der Waals surface area contributed by atoms with Crippen LogP contribution in [0.1, 0.15) is 21.5 Å². The molecule has 1 N–H and O–H groups in total. The maximum absolute atomic E-state index is 12.4. The van der Waals surface area contributed by atoms with E-state index in [0.717, 1.165) is 17.4 Å². The fourth-order valence-electron chi connectivity index (χ4n) is 3.16. The molecule has 3 aromatic carbocycles. The second-order valence-electron chi connectivity index (χ2n) is 7.25. The maximum Gasteiger partial charge on any atom is 0.271 e. The normalized spacial score (nSPS) is 12.7. The molecule has 0 atom stereocenters. The third kappa shape index (κ3) is 5.63. The Morgan fingerprint density at radius 2 is 1.76 bits per heavy atom. The molecular weight excluding hydrogens is 466 g/mol. The summed E-state index contributed by atoms with van der Waals surface area (Å²) < 4.78 is 36.5. The molecule has 10 heteroatoms. The van der Waals surface area contributed by atoms with E-state index in [1.54, 1.807) is 66.7 Å². The highest BCUT2D eigenvalue weighted by molar-refractivity contribution is 7.92. The number of nitrogens with zero attached hydrogens (tertiary/aromatic N) is 2. The molecule has 0 fully saturated rings. The molecule has 1 heterocycles. The highest BCUT2D eigenvalue weighted by Gasteiger charge is 2.18. The van der Waals surface area contributed by atoms with E-state index >= 15 is 0 Å². The monoisotopic (exact) mass is 485 g/mol. The predicted molar refractivity (Wildman–Crippen MR) is 127 cm³/mol. The van der Waals surface area contributed by atoms with Gasteiger partial charge in [0.25, 0.3) is 5.91 Å². The first-order valence-corrected chi connectivity index (χ1v) is 12.1. The van der Waals surface area contributed by atoms with Gasteiger partial charge in [0.15, 0.2) is 11.5 Å². The van der Waals surface area contributed by atoms with Gasteiger partial charge in [0, 0.05) is 10.6 Å². The quantitative estimate of drug-likeness (QED) is 0.405. The second kappa shape index (κ2) is 9.51.